The molecule has 3 fully saturated rings. The van der Waals surface area contributed by atoms with Crippen molar-refractivity contribution in [2.75, 3.05) is 65.9 Å². The molecule has 1 saturated heterocycles. The highest BCUT2D eigenvalue weighted by Crippen LogP contribution is 2.57. The van der Waals surface area contributed by atoms with E-state index in [9.17, 15) is 34.2 Å². The fraction of sp³-hybridized carbons (Fsp3) is 0.607. The van der Waals surface area contributed by atoms with Gasteiger partial charge in [-0.1, -0.05) is 0 Å². The number of hydrogen-bond acceptors (Lipinski definition) is 11. The van der Waals surface area contributed by atoms with Gasteiger partial charge >= 0.3 is 0 Å². The predicted molar refractivity (Wildman–Crippen MR) is 142 cm³/mol. The summed E-state index contributed by atoms with van der Waals surface area (Å²) >= 11 is 0. The summed E-state index contributed by atoms with van der Waals surface area (Å²) in [7, 11) is 6.78. The van der Waals surface area contributed by atoms with Crippen LogP contribution in [0.4, 0.5) is 5.69 Å². The van der Waals surface area contributed by atoms with E-state index in [0.29, 0.717) is 37.6 Å². The molecule has 1 amide bonds. The van der Waals surface area contributed by atoms with Crippen LogP contribution in [0.2, 0.25) is 0 Å². The van der Waals surface area contributed by atoms with Gasteiger partial charge in [0.05, 0.1) is 30.7 Å². The van der Waals surface area contributed by atoms with E-state index in [2.05, 4.69) is 4.90 Å². The molecule has 40 heavy (non-hydrogen) atoms. The van der Waals surface area contributed by atoms with E-state index in [4.69, 9.17) is 10.5 Å². The van der Waals surface area contributed by atoms with Gasteiger partial charge in [0.15, 0.2) is 34.7 Å². The molecule has 5 rings (SSSR count). The highest BCUT2D eigenvalue weighted by atomic mass is 16.5. The number of fused-ring (bicyclic) bond motifs is 3. The molecule has 0 spiro atoms. The molecule has 1 aliphatic heterocycles. The Labute approximate surface area is 232 Å². The number of anilines is 1. The minimum atomic E-state index is -2.77. The van der Waals surface area contributed by atoms with Crippen LogP contribution in [0.5, 0.6) is 5.75 Å². The van der Waals surface area contributed by atoms with E-state index >= 15 is 0 Å². The van der Waals surface area contributed by atoms with E-state index < -0.39 is 63.9 Å². The number of nitrogens with zero attached hydrogens (tertiary/aromatic N) is 3. The summed E-state index contributed by atoms with van der Waals surface area (Å²) in [5.74, 6) is -10.0. The topological polar surface area (TPSA) is 171 Å². The fourth-order valence-electron chi connectivity index (χ4n) is 7.61. The van der Waals surface area contributed by atoms with Crippen LogP contribution >= 0.6 is 0 Å². The third-order valence-corrected chi connectivity index (χ3v) is 9.28. The molecule has 1 aromatic carbocycles. The molecular formula is C28H36N4O8. The van der Waals surface area contributed by atoms with Crippen LogP contribution in [0.3, 0.4) is 0 Å². The number of amides is 1. The first-order valence-corrected chi connectivity index (χ1v) is 13.4. The number of carbonyl (C=O) groups excluding carboxylic acids is 5. The van der Waals surface area contributed by atoms with Gasteiger partial charge in [-0.25, -0.2) is 0 Å². The molecule has 0 aromatic heterocycles. The number of phenolic OH excluding ortho intramolecular Hbond substituents is 1. The molecular weight excluding hydrogens is 520 g/mol. The van der Waals surface area contributed by atoms with Gasteiger partial charge in [0.1, 0.15) is 5.75 Å². The lowest BCUT2D eigenvalue weighted by Gasteiger charge is -2.58. The molecule has 4 aliphatic rings. The molecule has 3 aliphatic carbocycles. The quantitative estimate of drug-likeness (QED) is 0.366. The number of morpholine rings is 1. The zero-order valence-electron chi connectivity index (χ0n) is 23.2. The summed E-state index contributed by atoms with van der Waals surface area (Å²) in [6.45, 7) is 2.31. The van der Waals surface area contributed by atoms with Crippen LogP contribution in [0.25, 0.3) is 0 Å². The highest BCUT2D eigenvalue weighted by Gasteiger charge is 2.72. The number of benzene rings is 1. The van der Waals surface area contributed by atoms with Crippen molar-refractivity contribution in [2.45, 2.75) is 24.5 Å². The Morgan fingerprint density at radius 1 is 1.10 bits per heavy atom. The van der Waals surface area contributed by atoms with Crippen molar-refractivity contribution in [3.63, 3.8) is 0 Å². The number of likely N-dealkylation sites (N-methyl/N-ethyl adjacent to an activating group) is 1. The number of nitrogens with two attached hydrogens (primary N) is 1. The predicted octanol–water partition coefficient (Wildman–Crippen LogP) is -1.36. The number of ether oxygens (including phenoxy) is 1. The molecule has 0 bridgehead atoms. The maximum atomic E-state index is 14.5. The maximum absolute atomic E-state index is 14.5. The molecule has 12 nitrogen and oxygen atoms in total. The van der Waals surface area contributed by atoms with Crippen molar-refractivity contribution in [3.8, 4) is 5.75 Å². The van der Waals surface area contributed by atoms with E-state index in [0.717, 1.165) is 0 Å². The Hall–Kier alpha value is -3.19. The van der Waals surface area contributed by atoms with Gasteiger partial charge < -0.3 is 25.6 Å². The standard InChI is InChI=1S/C28H36N4O8/c1-30(2)16-5-6-17(33)18-14(16)11-27(13-32-7-9-40-10-8-32)12-15-21(31(3)4)23(35)19(26(29)38)24(36)28(15,39)25(37)20(27)22(18)34/h5-6,15,19-21,33,39H,7-13H2,1-4H3,(H2,29,38)/t15-,19?,20?,21-,27-,28+/m0/s1. The molecule has 216 valence electrons. The Bertz CT molecular complexity index is 1310. The molecule has 0 radical (unpaired) electrons. The van der Waals surface area contributed by atoms with Crippen molar-refractivity contribution in [3.05, 3.63) is 23.3 Å². The third-order valence-electron chi connectivity index (χ3n) is 9.28. The SMILES string of the molecule is CN(C)c1ccc(O)c2c1C[C@@]1(CN3CCOCC3)C[C@H]3[C@H](N(C)C)C(=O)C(C(N)=O)C(=O)[C@@]3(O)C(=O)C1C2=O. The molecule has 6 atom stereocenters. The molecule has 2 unspecified atom stereocenters. The zero-order chi connectivity index (χ0) is 29.3. The number of rotatable bonds is 5. The van der Waals surface area contributed by atoms with E-state index in [1.54, 1.807) is 20.2 Å². The van der Waals surface area contributed by atoms with Crippen LogP contribution in [-0.2, 0) is 30.3 Å². The van der Waals surface area contributed by atoms with Crippen molar-refractivity contribution in [1.82, 2.24) is 9.80 Å². The number of Topliss-reactive ketones (excluding diaryl/α,β-unsaturated/α-hetero) is 4. The highest BCUT2D eigenvalue weighted by molar-refractivity contribution is 6.32. The minimum absolute atomic E-state index is 0.0147. The summed E-state index contributed by atoms with van der Waals surface area (Å²) in [6.07, 6.45) is 0.175. The summed E-state index contributed by atoms with van der Waals surface area (Å²) in [4.78, 5) is 73.6. The molecule has 12 heteroatoms. The smallest absolute Gasteiger partial charge is 0.235 e. The van der Waals surface area contributed by atoms with E-state index in [-0.39, 0.29) is 30.7 Å². The summed E-state index contributed by atoms with van der Waals surface area (Å²) < 4.78 is 5.51. The lowest BCUT2D eigenvalue weighted by atomic mass is 9.46. The maximum Gasteiger partial charge on any atom is 0.235 e. The number of primary amides is 1. The lowest BCUT2D eigenvalue weighted by Crippen LogP contribution is -2.76. The first-order valence-electron chi connectivity index (χ1n) is 13.4. The second kappa shape index (κ2) is 9.72. The largest absolute Gasteiger partial charge is 0.507 e. The van der Waals surface area contributed by atoms with Crippen molar-refractivity contribution in [1.29, 1.82) is 0 Å². The number of aliphatic hydroxyl groups is 1. The molecule has 1 aromatic rings. The lowest BCUT2D eigenvalue weighted by molar-refractivity contribution is -0.187. The number of hydrogen-bond donors (Lipinski definition) is 3. The average molecular weight is 557 g/mol. The zero-order valence-corrected chi connectivity index (χ0v) is 23.2. The van der Waals surface area contributed by atoms with Crippen LogP contribution in [-0.4, -0.2) is 122 Å². The first-order chi connectivity index (χ1) is 18.8. The van der Waals surface area contributed by atoms with Gasteiger partial charge in [-0.3, -0.25) is 33.8 Å². The van der Waals surface area contributed by atoms with Crippen LogP contribution < -0.4 is 10.6 Å². The molecule has 2 saturated carbocycles. The summed E-state index contributed by atoms with van der Waals surface area (Å²) in [6, 6.07) is 1.93. The number of aromatic hydroxyl groups is 1. The number of ketones is 4. The van der Waals surface area contributed by atoms with Gasteiger partial charge in [0, 0.05) is 50.7 Å². The third kappa shape index (κ3) is 3.92. The Balaban J connectivity index is 1.75. The Kier molecular flexibility index (Phi) is 6.89. The van der Waals surface area contributed by atoms with Gasteiger partial charge in [0.2, 0.25) is 5.91 Å². The monoisotopic (exact) mass is 556 g/mol. The van der Waals surface area contributed by atoms with Crippen LogP contribution in [0.1, 0.15) is 22.3 Å². The van der Waals surface area contributed by atoms with Gasteiger partial charge in [0.25, 0.3) is 0 Å². The minimum Gasteiger partial charge on any atom is -0.507 e. The van der Waals surface area contributed by atoms with Crippen LogP contribution in [0.15, 0.2) is 12.1 Å². The Morgan fingerprint density at radius 2 is 1.75 bits per heavy atom. The first kappa shape index (κ1) is 28.3. The van der Waals surface area contributed by atoms with Crippen molar-refractivity contribution >= 4 is 34.7 Å². The fourth-order valence-corrected chi connectivity index (χ4v) is 7.61. The van der Waals surface area contributed by atoms with Gasteiger partial charge in [-0.05, 0) is 44.6 Å². The second-order valence-corrected chi connectivity index (χ2v) is 12.0. The summed E-state index contributed by atoms with van der Waals surface area (Å²) in [5.41, 5.74) is 2.80. The second-order valence-electron chi connectivity index (χ2n) is 12.0. The van der Waals surface area contributed by atoms with Crippen molar-refractivity contribution in [2.24, 2.45) is 28.9 Å². The van der Waals surface area contributed by atoms with Gasteiger partial charge in [-0.15, -0.1) is 0 Å². The summed E-state index contributed by atoms with van der Waals surface area (Å²) in [5, 5.41) is 22.8. The van der Waals surface area contributed by atoms with Crippen molar-refractivity contribution < 1.29 is 38.9 Å². The number of phenols is 1. The van der Waals surface area contributed by atoms with Gasteiger partial charge in [-0.2, -0.15) is 0 Å². The normalized spacial score (nSPS) is 34.4. The van der Waals surface area contributed by atoms with E-state index in [1.165, 1.54) is 11.0 Å². The average Bonchev–Trinajstić information content (AvgIpc) is 2.86. The molecule has 4 N–H and O–H groups in total. The molecule has 1 heterocycles. The Morgan fingerprint density at radius 3 is 2.33 bits per heavy atom. The number of carbonyl (C=O) groups is 5. The van der Waals surface area contributed by atoms with E-state index in [1.807, 2.05) is 19.0 Å². The van der Waals surface area contributed by atoms with Crippen LogP contribution in [0, 0.1) is 23.2 Å².